The molecule has 0 saturated carbocycles. The Labute approximate surface area is 109 Å². The largest absolute Gasteiger partial charge is 0.480 e. The normalized spacial score (nSPS) is 13.2. The van der Waals surface area contributed by atoms with Crippen LogP contribution in [0.2, 0.25) is 0 Å². The van der Waals surface area contributed by atoms with Gasteiger partial charge in [0, 0.05) is 13.6 Å². The number of carboxylic acids is 1. The highest BCUT2D eigenvalue weighted by Crippen LogP contribution is 2.19. The Morgan fingerprint density at radius 2 is 1.84 bits per heavy atom. The Morgan fingerprint density at radius 1 is 1.32 bits per heavy atom. The van der Waals surface area contributed by atoms with E-state index in [0.29, 0.717) is 0 Å². The van der Waals surface area contributed by atoms with Crippen LogP contribution in [0.5, 0.6) is 0 Å². The number of carbonyl (C=O) groups excluding carboxylic acids is 1. The predicted octanol–water partition coefficient (Wildman–Crippen LogP) is 2.08. The molecule has 0 aromatic heterocycles. The zero-order chi connectivity index (χ0) is 15.2. The van der Waals surface area contributed by atoms with Crippen molar-refractivity contribution in [2.45, 2.75) is 38.9 Å². The van der Waals surface area contributed by atoms with Crippen molar-refractivity contribution in [1.29, 1.82) is 0 Å². The van der Waals surface area contributed by atoms with Gasteiger partial charge in [-0.2, -0.15) is 13.2 Å². The molecule has 0 fully saturated rings. The third-order valence-electron chi connectivity index (χ3n) is 2.38. The third kappa shape index (κ3) is 8.28. The van der Waals surface area contributed by atoms with E-state index in [0.717, 1.165) is 4.90 Å². The monoisotopic (exact) mass is 284 g/mol. The molecule has 0 heterocycles. The Kier molecular flexibility index (Phi) is 6.64. The molecule has 0 unspecified atom stereocenters. The van der Waals surface area contributed by atoms with Crippen molar-refractivity contribution in [1.82, 2.24) is 10.2 Å². The summed E-state index contributed by atoms with van der Waals surface area (Å²) in [6, 6.07) is -1.92. The molecule has 0 rings (SSSR count). The van der Waals surface area contributed by atoms with Crippen molar-refractivity contribution in [3.63, 3.8) is 0 Å². The van der Waals surface area contributed by atoms with E-state index in [1.807, 2.05) is 0 Å². The van der Waals surface area contributed by atoms with E-state index in [2.05, 4.69) is 5.32 Å². The summed E-state index contributed by atoms with van der Waals surface area (Å²) >= 11 is 0. The minimum Gasteiger partial charge on any atom is -0.480 e. The van der Waals surface area contributed by atoms with Gasteiger partial charge in [0.2, 0.25) is 0 Å². The Morgan fingerprint density at radius 3 is 2.21 bits per heavy atom. The molecule has 0 radical (unpaired) electrons. The second-order valence-corrected chi connectivity index (χ2v) is 4.76. The average Bonchev–Trinajstić information content (AvgIpc) is 2.22. The third-order valence-corrected chi connectivity index (χ3v) is 2.38. The first-order valence-corrected chi connectivity index (χ1v) is 5.84. The van der Waals surface area contributed by atoms with E-state index in [1.165, 1.54) is 7.05 Å². The van der Waals surface area contributed by atoms with E-state index < -0.39 is 37.2 Å². The van der Waals surface area contributed by atoms with Crippen LogP contribution in [-0.2, 0) is 4.79 Å². The summed E-state index contributed by atoms with van der Waals surface area (Å²) in [7, 11) is 1.19. The van der Waals surface area contributed by atoms with Crippen LogP contribution in [0.15, 0.2) is 0 Å². The molecule has 0 aromatic carbocycles. The average molecular weight is 284 g/mol. The predicted molar refractivity (Wildman–Crippen MR) is 62.7 cm³/mol. The fourth-order valence-electron chi connectivity index (χ4n) is 1.35. The number of rotatable bonds is 6. The Balaban J connectivity index is 4.35. The summed E-state index contributed by atoms with van der Waals surface area (Å²) in [6.07, 6.45) is -5.26. The number of halogens is 3. The van der Waals surface area contributed by atoms with Crippen LogP contribution in [0, 0.1) is 5.92 Å². The minimum absolute atomic E-state index is 0.0434. The van der Waals surface area contributed by atoms with E-state index >= 15 is 0 Å². The first-order chi connectivity index (χ1) is 8.53. The molecular formula is C11H19F3N2O3. The maximum absolute atomic E-state index is 12.0. The molecule has 2 N–H and O–H groups in total. The zero-order valence-corrected chi connectivity index (χ0v) is 11.1. The summed E-state index contributed by atoms with van der Waals surface area (Å²) in [5.41, 5.74) is 0. The maximum atomic E-state index is 12.0. The fraction of sp³-hybridized carbons (Fsp3) is 0.818. The van der Waals surface area contributed by atoms with Gasteiger partial charge in [-0.05, 0) is 12.3 Å². The summed E-state index contributed by atoms with van der Waals surface area (Å²) < 4.78 is 36.0. The lowest BCUT2D eigenvalue weighted by atomic mass is 10.0. The van der Waals surface area contributed by atoms with Crippen LogP contribution in [0.4, 0.5) is 18.0 Å². The molecule has 0 aliphatic carbocycles. The van der Waals surface area contributed by atoms with Crippen LogP contribution < -0.4 is 5.32 Å². The first kappa shape index (κ1) is 17.5. The van der Waals surface area contributed by atoms with Gasteiger partial charge in [0.15, 0.2) is 0 Å². The second-order valence-electron chi connectivity index (χ2n) is 4.76. The highest BCUT2D eigenvalue weighted by atomic mass is 19.4. The standard InChI is InChI=1S/C11H19F3N2O3/c1-7(2)6-8(9(17)18)15-10(19)16(3)5-4-11(12,13)14/h7-8H,4-6H2,1-3H3,(H,15,19)(H,17,18)/t8-/m1/s1. The lowest BCUT2D eigenvalue weighted by molar-refractivity contribution is -0.140. The summed E-state index contributed by atoms with van der Waals surface area (Å²) in [5, 5.41) is 11.1. The molecule has 0 aliphatic heterocycles. The number of nitrogens with zero attached hydrogens (tertiary/aromatic N) is 1. The van der Waals surface area contributed by atoms with E-state index in [1.54, 1.807) is 13.8 Å². The highest BCUT2D eigenvalue weighted by molar-refractivity contribution is 5.82. The molecule has 2 amide bonds. The number of alkyl halides is 3. The second kappa shape index (κ2) is 7.20. The molecule has 19 heavy (non-hydrogen) atoms. The number of carboxylic acid groups (broad SMARTS) is 1. The van der Waals surface area contributed by atoms with Crippen molar-refractivity contribution >= 4 is 12.0 Å². The highest BCUT2D eigenvalue weighted by Gasteiger charge is 2.29. The van der Waals surface area contributed by atoms with E-state index in [-0.39, 0.29) is 12.3 Å². The van der Waals surface area contributed by atoms with Gasteiger partial charge >= 0.3 is 18.2 Å². The van der Waals surface area contributed by atoms with Gasteiger partial charge < -0.3 is 15.3 Å². The van der Waals surface area contributed by atoms with Gasteiger partial charge in [-0.3, -0.25) is 0 Å². The Hall–Kier alpha value is -1.47. The molecule has 0 aliphatic rings. The van der Waals surface area contributed by atoms with Crippen LogP contribution in [0.25, 0.3) is 0 Å². The topological polar surface area (TPSA) is 69.6 Å². The number of hydrogen-bond acceptors (Lipinski definition) is 2. The number of nitrogens with one attached hydrogen (secondary N) is 1. The number of aliphatic carboxylic acids is 1. The van der Waals surface area contributed by atoms with Gasteiger partial charge in [-0.15, -0.1) is 0 Å². The van der Waals surface area contributed by atoms with Gasteiger partial charge in [0.25, 0.3) is 0 Å². The van der Waals surface area contributed by atoms with Crippen molar-refractivity contribution in [3.05, 3.63) is 0 Å². The van der Waals surface area contributed by atoms with Crippen molar-refractivity contribution < 1.29 is 27.9 Å². The number of carbonyl (C=O) groups is 2. The zero-order valence-electron chi connectivity index (χ0n) is 11.1. The van der Waals surface area contributed by atoms with Crippen LogP contribution in [0.1, 0.15) is 26.7 Å². The van der Waals surface area contributed by atoms with Gasteiger partial charge in [0.05, 0.1) is 6.42 Å². The van der Waals surface area contributed by atoms with Crippen molar-refractivity contribution in [3.8, 4) is 0 Å². The quantitative estimate of drug-likeness (QED) is 0.784. The summed E-state index contributed by atoms with van der Waals surface area (Å²) in [5.74, 6) is -1.16. The van der Waals surface area contributed by atoms with Gasteiger partial charge in [-0.1, -0.05) is 13.8 Å². The number of hydrogen-bond donors (Lipinski definition) is 2. The smallest absolute Gasteiger partial charge is 0.390 e. The lowest BCUT2D eigenvalue weighted by Crippen LogP contribution is -2.47. The molecule has 0 saturated heterocycles. The molecule has 5 nitrogen and oxygen atoms in total. The molecular weight excluding hydrogens is 265 g/mol. The molecule has 0 bridgehead atoms. The van der Waals surface area contributed by atoms with Crippen LogP contribution in [-0.4, -0.2) is 47.8 Å². The summed E-state index contributed by atoms with van der Waals surface area (Å²) in [6.45, 7) is 3.06. The van der Waals surface area contributed by atoms with Crippen molar-refractivity contribution in [2.24, 2.45) is 5.92 Å². The van der Waals surface area contributed by atoms with Crippen molar-refractivity contribution in [2.75, 3.05) is 13.6 Å². The van der Waals surface area contributed by atoms with E-state index in [9.17, 15) is 22.8 Å². The number of amides is 2. The Bertz CT molecular complexity index is 319. The van der Waals surface area contributed by atoms with Gasteiger partial charge in [-0.25, -0.2) is 9.59 Å². The molecule has 0 aromatic rings. The molecule has 1 atom stereocenters. The molecule has 8 heteroatoms. The van der Waals surface area contributed by atoms with Gasteiger partial charge in [0.1, 0.15) is 6.04 Å². The summed E-state index contributed by atoms with van der Waals surface area (Å²) in [4.78, 5) is 23.3. The SMILES string of the molecule is CC(C)C[C@@H](NC(=O)N(C)CCC(F)(F)F)C(=O)O. The number of urea groups is 1. The van der Waals surface area contributed by atoms with Crippen LogP contribution in [0.3, 0.4) is 0 Å². The lowest BCUT2D eigenvalue weighted by Gasteiger charge is -2.22. The maximum Gasteiger partial charge on any atom is 0.390 e. The minimum atomic E-state index is -4.35. The molecule has 112 valence electrons. The van der Waals surface area contributed by atoms with E-state index in [4.69, 9.17) is 5.11 Å². The molecule has 0 spiro atoms. The van der Waals surface area contributed by atoms with Crippen LogP contribution >= 0.6 is 0 Å². The first-order valence-electron chi connectivity index (χ1n) is 5.84. The fourth-order valence-corrected chi connectivity index (χ4v) is 1.35.